The lowest BCUT2D eigenvalue weighted by Crippen LogP contribution is -2.49. The molecule has 0 aromatic carbocycles. The first-order chi connectivity index (χ1) is 15.4. The normalized spacial score (nSPS) is 18.4. The largest absolute Gasteiger partial charge is 0.422 e. The molecule has 0 bridgehead atoms. The van der Waals surface area contributed by atoms with Gasteiger partial charge in [0.05, 0.1) is 22.7 Å². The van der Waals surface area contributed by atoms with Gasteiger partial charge in [-0.1, -0.05) is 11.6 Å². The van der Waals surface area contributed by atoms with Crippen LogP contribution in [0.3, 0.4) is 0 Å². The van der Waals surface area contributed by atoms with Gasteiger partial charge in [-0.3, -0.25) is 9.78 Å². The Balaban J connectivity index is 1.26. The number of anilines is 1. The van der Waals surface area contributed by atoms with Gasteiger partial charge in [0.1, 0.15) is 11.3 Å². The highest BCUT2D eigenvalue weighted by molar-refractivity contribution is 6.29. The van der Waals surface area contributed by atoms with E-state index in [0.717, 1.165) is 0 Å². The molecule has 1 atom stereocenters. The fraction of sp³-hybridized carbons (Fsp3) is 0.409. The van der Waals surface area contributed by atoms with Crippen molar-refractivity contribution in [3.05, 3.63) is 46.4 Å². The SMILES string of the molecule is Cc1cc(C(=O)N2CCN(c3nc4nc(Cl)ccc4o3)CC2)cnc1C(O)C1(C#N)CC1. The van der Waals surface area contributed by atoms with E-state index in [9.17, 15) is 15.2 Å². The number of aryl methyl sites for hydroxylation is 1. The number of halogens is 1. The number of nitriles is 1. The maximum Gasteiger partial charge on any atom is 0.300 e. The number of aliphatic hydroxyl groups is 1. The van der Waals surface area contributed by atoms with E-state index in [1.165, 1.54) is 6.20 Å². The van der Waals surface area contributed by atoms with E-state index in [1.807, 2.05) is 4.90 Å². The molecule has 2 aliphatic rings. The van der Waals surface area contributed by atoms with Gasteiger partial charge in [0.2, 0.25) is 5.65 Å². The summed E-state index contributed by atoms with van der Waals surface area (Å²) < 4.78 is 5.77. The maximum absolute atomic E-state index is 13.0. The summed E-state index contributed by atoms with van der Waals surface area (Å²) in [5.41, 5.74) is 1.94. The van der Waals surface area contributed by atoms with Gasteiger partial charge < -0.3 is 19.3 Å². The Bertz CT molecular complexity index is 1240. The van der Waals surface area contributed by atoms with E-state index < -0.39 is 11.5 Å². The molecule has 1 aliphatic carbocycles. The van der Waals surface area contributed by atoms with Gasteiger partial charge in [-0.15, -0.1) is 0 Å². The van der Waals surface area contributed by atoms with Gasteiger partial charge in [0, 0.05) is 32.4 Å². The zero-order valence-corrected chi connectivity index (χ0v) is 18.2. The molecule has 32 heavy (non-hydrogen) atoms. The fourth-order valence-electron chi connectivity index (χ4n) is 4.03. The van der Waals surface area contributed by atoms with Gasteiger partial charge in [-0.2, -0.15) is 10.2 Å². The van der Waals surface area contributed by atoms with E-state index >= 15 is 0 Å². The molecule has 1 saturated carbocycles. The van der Waals surface area contributed by atoms with Crippen LogP contribution in [0.5, 0.6) is 0 Å². The first kappa shape index (κ1) is 20.7. The molecule has 9 nitrogen and oxygen atoms in total. The molecule has 2 fully saturated rings. The van der Waals surface area contributed by atoms with Crippen molar-refractivity contribution in [2.75, 3.05) is 31.1 Å². The molecule has 1 amide bonds. The molecule has 3 aromatic heterocycles. The van der Waals surface area contributed by atoms with Crippen LogP contribution in [0.2, 0.25) is 5.15 Å². The molecular formula is C22H21ClN6O3. The van der Waals surface area contributed by atoms with Crippen molar-refractivity contribution < 1.29 is 14.3 Å². The second kappa shape index (κ2) is 7.73. The van der Waals surface area contributed by atoms with Crippen molar-refractivity contribution in [3.8, 4) is 6.07 Å². The average molecular weight is 453 g/mol. The second-order valence-electron chi connectivity index (χ2n) is 8.33. The van der Waals surface area contributed by atoms with Crippen molar-refractivity contribution in [1.29, 1.82) is 5.26 Å². The van der Waals surface area contributed by atoms with Crippen LogP contribution in [0, 0.1) is 23.7 Å². The topological polar surface area (TPSA) is 119 Å². The molecule has 10 heteroatoms. The van der Waals surface area contributed by atoms with Crippen LogP contribution in [0.1, 0.15) is 40.6 Å². The summed E-state index contributed by atoms with van der Waals surface area (Å²) in [4.78, 5) is 29.6. The zero-order chi connectivity index (χ0) is 22.5. The standard InChI is InChI=1S/C22H21ClN6O3/c1-13-10-14(11-25-17(13)18(30)22(12-24)4-5-22)20(31)28-6-8-29(9-7-28)21-27-19-15(32-21)2-3-16(23)26-19/h2-3,10-11,18,30H,4-9H2,1H3. The zero-order valence-electron chi connectivity index (χ0n) is 17.5. The van der Waals surface area contributed by atoms with Crippen molar-refractivity contribution in [2.24, 2.45) is 5.41 Å². The number of nitrogens with zero attached hydrogens (tertiary/aromatic N) is 6. The maximum atomic E-state index is 13.0. The number of carbonyl (C=O) groups excluding carboxylic acids is 1. The number of carbonyl (C=O) groups is 1. The highest BCUT2D eigenvalue weighted by Gasteiger charge is 2.51. The summed E-state index contributed by atoms with van der Waals surface area (Å²) in [6, 6.07) is 7.79. The minimum Gasteiger partial charge on any atom is -0.422 e. The lowest BCUT2D eigenvalue weighted by molar-refractivity contribution is 0.0743. The number of hydrogen-bond donors (Lipinski definition) is 1. The number of hydrogen-bond acceptors (Lipinski definition) is 8. The molecule has 164 valence electrons. The molecule has 1 aliphatic heterocycles. The van der Waals surface area contributed by atoms with Gasteiger partial charge in [0.15, 0.2) is 5.58 Å². The first-order valence-corrected chi connectivity index (χ1v) is 10.8. The predicted molar refractivity (Wildman–Crippen MR) is 116 cm³/mol. The number of aromatic nitrogens is 3. The van der Waals surface area contributed by atoms with Crippen molar-refractivity contribution in [2.45, 2.75) is 25.9 Å². The fourth-order valence-corrected chi connectivity index (χ4v) is 4.18. The number of piperazine rings is 1. The Hall–Kier alpha value is -3.22. The van der Waals surface area contributed by atoms with Crippen LogP contribution in [0.25, 0.3) is 11.2 Å². The van der Waals surface area contributed by atoms with Gasteiger partial charge in [0.25, 0.3) is 11.9 Å². The number of amides is 1. The van der Waals surface area contributed by atoms with Crippen LogP contribution in [-0.2, 0) is 0 Å². The molecule has 5 rings (SSSR count). The van der Waals surface area contributed by atoms with Gasteiger partial charge >= 0.3 is 0 Å². The summed E-state index contributed by atoms with van der Waals surface area (Å²) >= 11 is 5.91. The van der Waals surface area contributed by atoms with Crippen molar-refractivity contribution in [1.82, 2.24) is 19.9 Å². The third kappa shape index (κ3) is 3.55. The Morgan fingerprint density at radius 1 is 1.28 bits per heavy atom. The van der Waals surface area contributed by atoms with E-state index in [-0.39, 0.29) is 5.91 Å². The third-order valence-electron chi connectivity index (χ3n) is 6.20. The number of rotatable bonds is 4. The summed E-state index contributed by atoms with van der Waals surface area (Å²) in [7, 11) is 0. The van der Waals surface area contributed by atoms with Crippen molar-refractivity contribution in [3.63, 3.8) is 0 Å². The second-order valence-corrected chi connectivity index (χ2v) is 8.72. The molecule has 0 spiro atoms. The van der Waals surface area contributed by atoms with Gasteiger partial charge in [-0.05, 0) is 43.5 Å². The molecular weight excluding hydrogens is 432 g/mol. The monoisotopic (exact) mass is 452 g/mol. The third-order valence-corrected chi connectivity index (χ3v) is 6.42. The van der Waals surface area contributed by atoms with Crippen LogP contribution < -0.4 is 4.90 Å². The number of fused-ring (bicyclic) bond motifs is 1. The predicted octanol–water partition coefficient (Wildman–Crippen LogP) is 2.88. The lowest BCUT2D eigenvalue weighted by atomic mass is 9.95. The van der Waals surface area contributed by atoms with Crippen LogP contribution in [-0.4, -0.2) is 57.0 Å². The summed E-state index contributed by atoms with van der Waals surface area (Å²) in [6.07, 6.45) is 1.89. The Kier molecular flexibility index (Phi) is 4.99. The van der Waals surface area contributed by atoms with E-state index in [0.29, 0.717) is 78.2 Å². The molecule has 4 heterocycles. The number of oxazole rings is 1. The Morgan fingerprint density at radius 2 is 2.03 bits per heavy atom. The Labute approximate surface area is 189 Å². The smallest absolute Gasteiger partial charge is 0.300 e. The summed E-state index contributed by atoms with van der Waals surface area (Å²) in [5, 5.41) is 20.2. The molecule has 0 radical (unpaired) electrons. The Morgan fingerprint density at radius 3 is 2.69 bits per heavy atom. The van der Waals surface area contributed by atoms with Crippen LogP contribution in [0.15, 0.2) is 28.8 Å². The highest BCUT2D eigenvalue weighted by Crippen LogP contribution is 2.54. The minimum absolute atomic E-state index is 0.117. The molecule has 1 saturated heterocycles. The van der Waals surface area contributed by atoms with Crippen molar-refractivity contribution >= 4 is 34.8 Å². The van der Waals surface area contributed by atoms with Crippen LogP contribution >= 0.6 is 11.6 Å². The van der Waals surface area contributed by atoms with Crippen LogP contribution in [0.4, 0.5) is 6.01 Å². The lowest BCUT2D eigenvalue weighted by Gasteiger charge is -2.33. The first-order valence-electron chi connectivity index (χ1n) is 10.4. The molecule has 1 unspecified atom stereocenters. The summed E-state index contributed by atoms with van der Waals surface area (Å²) in [5.74, 6) is -0.117. The average Bonchev–Trinajstić information content (AvgIpc) is 3.50. The number of pyridine rings is 2. The summed E-state index contributed by atoms with van der Waals surface area (Å²) in [6.45, 7) is 3.96. The number of aliphatic hydroxyl groups excluding tert-OH is 1. The van der Waals surface area contributed by atoms with E-state index in [1.54, 1.807) is 30.0 Å². The minimum atomic E-state index is -0.930. The van der Waals surface area contributed by atoms with E-state index in [4.69, 9.17) is 16.0 Å². The molecule has 3 aromatic rings. The van der Waals surface area contributed by atoms with E-state index in [2.05, 4.69) is 21.0 Å². The van der Waals surface area contributed by atoms with Gasteiger partial charge in [-0.25, -0.2) is 4.98 Å². The molecule has 1 N–H and O–H groups in total. The highest BCUT2D eigenvalue weighted by atomic mass is 35.5. The quantitative estimate of drug-likeness (QED) is 0.600.